The van der Waals surface area contributed by atoms with Crippen LogP contribution in [0, 0.1) is 19.8 Å². The first-order chi connectivity index (χ1) is 9.49. The Hall–Kier alpha value is -1.13. The van der Waals surface area contributed by atoms with Crippen molar-refractivity contribution >= 4 is 23.0 Å². The third kappa shape index (κ3) is 2.42. The molecule has 1 spiro atoms. The summed E-state index contributed by atoms with van der Waals surface area (Å²) < 4.78 is 0. The van der Waals surface area contributed by atoms with E-state index < -0.39 is 0 Å². The van der Waals surface area contributed by atoms with E-state index in [0.29, 0.717) is 0 Å². The molecule has 3 rings (SSSR count). The van der Waals surface area contributed by atoms with Gasteiger partial charge in [-0.15, -0.1) is 0 Å². The fourth-order valence-corrected chi connectivity index (χ4v) is 3.71. The lowest BCUT2D eigenvalue weighted by Crippen LogP contribution is -2.53. The van der Waals surface area contributed by atoms with Crippen molar-refractivity contribution in [3.05, 3.63) is 29.3 Å². The molecule has 0 radical (unpaired) electrons. The van der Waals surface area contributed by atoms with E-state index in [1.165, 1.54) is 24.0 Å². The minimum absolute atomic E-state index is 0.0342. The second kappa shape index (κ2) is 5.01. The zero-order valence-corrected chi connectivity index (χ0v) is 13.3. The third-order valence-corrected chi connectivity index (χ3v) is 4.91. The molecule has 0 bridgehead atoms. The number of nitrogens with one attached hydrogen (secondary N) is 2. The lowest BCUT2D eigenvalue weighted by Gasteiger charge is -2.36. The highest BCUT2D eigenvalue weighted by atomic mass is 32.1. The zero-order chi connectivity index (χ0) is 14.3. The van der Waals surface area contributed by atoms with E-state index in [2.05, 4.69) is 49.7 Å². The second-order valence-electron chi connectivity index (χ2n) is 6.43. The van der Waals surface area contributed by atoms with Crippen LogP contribution in [-0.2, 0) is 0 Å². The van der Waals surface area contributed by atoms with Gasteiger partial charge in [0.1, 0.15) is 5.66 Å². The summed E-state index contributed by atoms with van der Waals surface area (Å²) in [7, 11) is 0. The van der Waals surface area contributed by atoms with Gasteiger partial charge >= 0.3 is 0 Å². The highest BCUT2D eigenvalue weighted by molar-refractivity contribution is 7.80. The fraction of sp³-hybridized carbons (Fsp3) is 0.562. The van der Waals surface area contributed by atoms with Gasteiger partial charge in [0, 0.05) is 0 Å². The van der Waals surface area contributed by atoms with Gasteiger partial charge in [-0.3, -0.25) is 5.01 Å². The van der Waals surface area contributed by atoms with Crippen molar-refractivity contribution in [2.75, 3.05) is 5.01 Å². The standard InChI is InChI=1S/C16H23N3S/c1-11-5-4-8-16(10-11)17-15(20)19(18-16)14-7-6-12(2)13(3)9-14/h6-7,9,11,18H,4-5,8,10H2,1-3H3,(H,17,20)/t11-,16-/m1/s1. The largest absolute Gasteiger partial charge is 0.342 e. The van der Waals surface area contributed by atoms with Crippen LogP contribution in [0.25, 0.3) is 0 Å². The smallest absolute Gasteiger partial charge is 0.189 e. The summed E-state index contributed by atoms with van der Waals surface area (Å²) in [5, 5.41) is 6.36. The van der Waals surface area contributed by atoms with Gasteiger partial charge in [0.15, 0.2) is 5.11 Å². The Morgan fingerprint density at radius 2 is 2.10 bits per heavy atom. The van der Waals surface area contributed by atoms with E-state index in [1.807, 2.05) is 5.01 Å². The first-order valence-corrected chi connectivity index (χ1v) is 7.87. The van der Waals surface area contributed by atoms with Crippen LogP contribution in [0.4, 0.5) is 5.69 Å². The monoisotopic (exact) mass is 289 g/mol. The minimum atomic E-state index is -0.0342. The van der Waals surface area contributed by atoms with Crippen molar-refractivity contribution in [1.82, 2.24) is 10.7 Å². The van der Waals surface area contributed by atoms with Crippen molar-refractivity contribution in [3.8, 4) is 0 Å². The van der Waals surface area contributed by atoms with E-state index in [-0.39, 0.29) is 5.66 Å². The lowest BCUT2D eigenvalue weighted by molar-refractivity contribution is 0.192. The van der Waals surface area contributed by atoms with Crippen LogP contribution in [0.2, 0.25) is 0 Å². The van der Waals surface area contributed by atoms with Gasteiger partial charge in [-0.05, 0) is 74.5 Å². The van der Waals surface area contributed by atoms with Gasteiger partial charge in [-0.2, -0.15) is 0 Å². The second-order valence-corrected chi connectivity index (χ2v) is 6.82. The first-order valence-electron chi connectivity index (χ1n) is 7.46. The van der Waals surface area contributed by atoms with Gasteiger partial charge in [-0.25, -0.2) is 5.43 Å². The molecule has 20 heavy (non-hydrogen) atoms. The third-order valence-electron chi connectivity index (χ3n) is 4.62. The number of rotatable bonds is 1. The molecular weight excluding hydrogens is 266 g/mol. The Bertz CT molecular complexity index is 543. The normalized spacial score (nSPS) is 29.9. The van der Waals surface area contributed by atoms with Crippen molar-refractivity contribution < 1.29 is 0 Å². The van der Waals surface area contributed by atoms with Crippen molar-refractivity contribution in [3.63, 3.8) is 0 Å². The molecule has 2 aliphatic rings. The molecule has 108 valence electrons. The number of hydrogen-bond acceptors (Lipinski definition) is 2. The average Bonchev–Trinajstić information content (AvgIpc) is 2.69. The maximum absolute atomic E-state index is 5.54. The quantitative estimate of drug-likeness (QED) is 0.775. The fourth-order valence-electron chi connectivity index (χ4n) is 3.37. The summed E-state index contributed by atoms with van der Waals surface area (Å²) in [5.41, 5.74) is 7.33. The van der Waals surface area contributed by atoms with E-state index in [1.54, 1.807) is 0 Å². The molecule has 0 aromatic heterocycles. The molecule has 4 heteroatoms. The average molecular weight is 289 g/mol. The summed E-state index contributed by atoms with van der Waals surface area (Å²) in [4.78, 5) is 0. The lowest BCUT2D eigenvalue weighted by atomic mass is 9.83. The van der Waals surface area contributed by atoms with Crippen LogP contribution in [0.1, 0.15) is 43.7 Å². The van der Waals surface area contributed by atoms with E-state index in [0.717, 1.165) is 29.6 Å². The highest BCUT2D eigenvalue weighted by Gasteiger charge is 2.43. The van der Waals surface area contributed by atoms with E-state index in [9.17, 15) is 0 Å². The Balaban J connectivity index is 1.85. The summed E-state index contributed by atoms with van der Waals surface area (Å²) in [6.45, 7) is 6.60. The van der Waals surface area contributed by atoms with Crippen molar-refractivity contribution in [1.29, 1.82) is 0 Å². The molecule has 0 amide bonds. The van der Waals surface area contributed by atoms with Crippen LogP contribution in [0.3, 0.4) is 0 Å². The topological polar surface area (TPSA) is 27.3 Å². The summed E-state index contributed by atoms with van der Waals surface area (Å²) in [6, 6.07) is 6.49. The van der Waals surface area contributed by atoms with Crippen molar-refractivity contribution in [2.24, 2.45) is 5.92 Å². The molecule has 1 saturated heterocycles. The molecule has 1 aromatic carbocycles. The predicted octanol–water partition coefficient (Wildman–Crippen LogP) is 3.41. The number of anilines is 1. The van der Waals surface area contributed by atoms with Crippen LogP contribution in [0.5, 0.6) is 0 Å². The number of hydrazine groups is 1. The maximum atomic E-state index is 5.54. The molecular formula is C16H23N3S. The molecule has 0 unspecified atom stereocenters. The van der Waals surface area contributed by atoms with E-state index >= 15 is 0 Å². The molecule has 1 heterocycles. The van der Waals surface area contributed by atoms with Crippen LogP contribution in [0.15, 0.2) is 18.2 Å². The van der Waals surface area contributed by atoms with Crippen molar-refractivity contribution in [2.45, 2.75) is 52.1 Å². The Morgan fingerprint density at radius 1 is 1.30 bits per heavy atom. The summed E-state index contributed by atoms with van der Waals surface area (Å²) in [5.74, 6) is 0.742. The van der Waals surface area contributed by atoms with Gasteiger partial charge in [0.2, 0.25) is 0 Å². The molecule has 3 nitrogen and oxygen atoms in total. The van der Waals surface area contributed by atoms with Crippen LogP contribution < -0.4 is 15.8 Å². The molecule has 2 N–H and O–H groups in total. The Labute approximate surface area is 126 Å². The molecule has 1 aliphatic heterocycles. The van der Waals surface area contributed by atoms with Gasteiger partial charge in [0.05, 0.1) is 5.69 Å². The minimum Gasteiger partial charge on any atom is -0.342 e. The summed E-state index contributed by atoms with van der Waals surface area (Å²) in [6.07, 6.45) is 4.85. The molecule has 1 aliphatic carbocycles. The summed E-state index contributed by atoms with van der Waals surface area (Å²) >= 11 is 5.54. The molecule has 1 aromatic rings. The Morgan fingerprint density at radius 3 is 2.80 bits per heavy atom. The molecule has 2 atom stereocenters. The number of aryl methyl sites for hydroxylation is 2. The molecule has 1 saturated carbocycles. The maximum Gasteiger partial charge on any atom is 0.189 e. The van der Waals surface area contributed by atoms with Gasteiger partial charge in [0.25, 0.3) is 0 Å². The number of nitrogens with zero attached hydrogens (tertiary/aromatic N) is 1. The van der Waals surface area contributed by atoms with Crippen LogP contribution >= 0.6 is 12.2 Å². The highest BCUT2D eigenvalue weighted by Crippen LogP contribution is 2.34. The number of hydrogen-bond donors (Lipinski definition) is 2. The van der Waals surface area contributed by atoms with E-state index in [4.69, 9.17) is 12.2 Å². The van der Waals surface area contributed by atoms with Gasteiger partial charge < -0.3 is 5.32 Å². The molecule has 2 fully saturated rings. The predicted molar refractivity (Wildman–Crippen MR) is 87.6 cm³/mol. The zero-order valence-electron chi connectivity index (χ0n) is 12.5. The number of benzene rings is 1. The SMILES string of the molecule is Cc1ccc(N2N[C@@]3(CCC[C@@H](C)C3)NC2=S)cc1C. The van der Waals surface area contributed by atoms with Crippen LogP contribution in [-0.4, -0.2) is 10.8 Å². The Kier molecular flexibility index (Phi) is 3.46. The van der Waals surface area contributed by atoms with Gasteiger partial charge in [-0.1, -0.05) is 19.4 Å². The first kappa shape index (κ1) is 13.8. The number of thiocarbonyl (C=S) groups is 1.